The predicted octanol–water partition coefficient (Wildman–Crippen LogP) is 2.92. The van der Waals surface area contributed by atoms with Gasteiger partial charge in [-0.2, -0.15) is 0 Å². The molecular weight excluding hydrogens is 384 g/mol. The number of aliphatic carboxylic acids is 1. The Morgan fingerprint density at radius 2 is 1.77 bits per heavy atom. The fourth-order valence-corrected chi connectivity index (χ4v) is 4.71. The molecule has 30 heavy (non-hydrogen) atoms. The topological polar surface area (TPSA) is 97.6 Å². The second kappa shape index (κ2) is 11.3. The number of amides is 1. The molecule has 1 heterocycles. The van der Waals surface area contributed by atoms with E-state index in [4.69, 9.17) is 9.84 Å². The van der Waals surface area contributed by atoms with Crippen LogP contribution in [0.4, 0.5) is 0 Å². The smallest absolute Gasteiger partial charge is 0.329 e. The third kappa shape index (κ3) is 6.17. The van der Waals surface area contributed by atoms with Crippen molar-refractivity contribution in [3.05, 3.63) is 33.2 Å². The molecule has 0 spiro atoms. The number of carboxylic acid groups (broad SMARTS) is 1. The van der Waals surface area contributed by atoms with Crippen LogP contribution in [0.15, 0.2) is 10.9 Å². The summed E-state index contributed by atoms with van der Waals surface area (Å²) in [4.78, 5) is 36.6. The number of nitrogens with zero attached hydrogens (tertiary/aromatic N) is 1. The Morgan fingerprint density at radius 3 is 2.50 bits per heavy atom. The van der Waals surface area contributed by atoms with Gasteiger partial charge in [-0.25, -0.2) is 4.79 Å². The van der Waals surface area contributed by atoms with Gasteiger partial charge in [-0.3, -0.25) is 9.59 Å². The monoisotopic (exact) mass is 418 g/mol. The van der Waals surface area contributed by atoms with Gasteiger partial charge in [-0.15, -0.1) is 0 Å². The summed E-state index contributed by atoms with van der Waals surface area (Å²) < 4.78 is 6.87. The minimum atomic E-state index is -1.05. The zero-order chi connectivity index (χ0) is 21.3. The van der Waals surface area contributed by atoms with Gasteiger partial charge < -0.3 is 19.7 Å². The molecule has 166 valence electrons. The van der Waals surface area contributed by atoms with Crippen molar-refractivity contribution in [2.24, 2.45) is 5.92 Å². The van der Waals surface area contributed by atoms with Crippen LogP contribution in [0.2, 0.25) is 0 Å². The highest BCUT2D eigenvalue weighted by molar-refractivity contribution is 5.94. The maximum absolute atomic E-state index is 13.3. The normalized spacial score (nSPS) is 17.6. The van der Waals surface area contributed by atoms with E-state index in [-0.39, 0.29) is 24.3 Å². The number of fused-ring (bicyclic) bond motifs is 1. The molecule has 0 aliphatic heterocycles. The Labute approximate surface area is 177 Å². The van der Waals surface area contributed by atoms with E-state index in [9.17, 15) is 14.4 Å². The first-order valence-electron chi connectivity index (χ1n) is 11.4. The molecule has 0 radical (unpaired) electrons. The second-order valence-corrected chi connectivity index (χ2v) is 8.57. The minimum absolute atomic E-state index is 0.0965. The van der Waals surface area contributed by atoms with Gasteiger partial charge in [0, 0.05) is 18.8 Å². The summed E-state index contributed by atoms with van der Waals surface area (Å²) in [6.45, 7) is 0.581. The van der Waals surface area contributed by atoms with Gasteiger partial charge in [0.25, 0.3) is 11.5 Å². The first kappa shape index (κ1) is 22.5. The number of carbonyl (C=O) groups is 2. The summed E-state index contributed by atoms with van der Waals surface area (Å²) in [6, 6.07) is 1.80. The van der Waals surface area contributed by atoms with Gasteiger partial charge in [0.15, 0.2) is 0 Å². The van der Waals surface area contributed by atoms with Crippen molar-refractivity contribution >= 4 is 11.9 Å². The predicted molar refractivity (Wildman–Crippen MR) is 114 cm³/mol. The molecule has 0 unspecified atom stereocenters. The number of ether oxygens (including phenoxy) is 1. The van der Waals surface area contributed by atoms with Crippen LogP contribution in [0, 0.1) is 5.92 Å². The zero-order valence-corrected chi connectivity index (χ0v) is 17.8. The molecular formula is C23H34N2O5. The lowest BCUT2D eigenvalue weighted by atomic mass is 9.88. The van der Waals surface area contributed by atoms with Crippen LogP contribution >= 0.6 is 0 Å². The fourth-order valence-electron chi connectivity index (χ4n) is 4.71. The number of rotatable bonds is 8. The van der Waals surface area contributed by atoms with E-state index >= 15 is 0 Å². The van der Waals surface area contributed by atoms with Crippen molar-refractivity contribution < 1.29 is 19.4 Å². The highest BCUT2D eigenvalue weighted by atomic mass is 16.5. The number of hydrogen-bond acceptors (Lipinski definition) is 4. The Hall–Kier alpha value is -2.15. The number of nitrogens with one attached hydrogen (secondary N) is 1. The molecule has 1 aromatic rings. The molecule has 7 nitrogen and oxygen atoms in total. The molecule has 3 rings (SSSR count). The van der Waals surface area contributed by atoms with Crippen LogP contribution in [0.5, 0.6) is 0 Å². The van der Waals surface area contributed by atoms with Crippen molar-refractivity contribution in [2.45, 2.75) is 77.2 Å². The van der Waals surface area contributed by atoms with Crippen LogP contribution in [0.3, 0.4) is 0 Å². The van der Waals surface area contributed by atoms with Gasteiger partial charge in [-0.05, 0) is 56.1 Å². The van der Waals surface area contributed by atoms with Crippen molar-refractivity contribution in [1.29, 1.82) is 0 Å². The number of aromatic nitrogens is 1. The molecule has 1 saturated carbocycles. The lowest BCUT2D eigenvalue weighted by Crippen LogP contribution is -2.38. The fraction of sp³-hybridized carbons (Fsp3) is 0.696. The highest BCUT2D eigenvalue weighted by Gasteiger charge is 2.23. The Kier molecular flexibility index (Phi) is 8.49. The van der Waals surface area contributed by atoms with Crippen molar-refractivity contribution in [2.75, 3.05) is 19.8 Å². The van der Waals surface area contributed by atoms with E-state index in [0.29, 0.717) is 12.5 Å². The second-order valence-electron chi connectivity index (χ2n) is 8.57. The van der Waals surface area contributed by atoms with Crippen molar-refractivity contribution in [3.8, 4) is 0 Å². The highest BCUT2D eigenvalue weighted by Crippen LogP contribution is 2.27. The number of hydrogen-bond donors (Lipinski definition) is 2. The number of aryl methyl sites for hydroxylation is 1. The molecule has 2 aliphatic carbocycles. The zero-order valence-electron chi connectivity index (χ0n) is 17.8. The summed E-state index contributed by atoms with van der Waals surface area (Å²) in [7, 11) is 0. The Bertz CT molecular complexity index is 796. The molecule has 2 N–H and O–H groups in total. The third-order valence-electron chi connectivity index (χ3n) is 6.27. The Balaban J connectivity index is 1.80. The van der Waals surface area contributed by atoms with Crippen LogP contribution < -0.4 is 10.9 Å². The van der Waals surface area contributed by atoms with E-state index < -0.39 is 18.5 Å². The maximum atomic E-state index is 13.3. The molecule has 1 amide bonds. The van der Waals surface area contributed by atoms with Crippen LogP contribution in [0.25, 0.3) is 0 Å². The quantitative estimate of drug-likeness (QED) is 0.633. The van der Waals surface area contributed by atoms with E-state index in [0.717, 1.165) is 49.8 Å². The van der Waals surface area contributed by atoms with Gasteiger partial charge in [-0.1, -0.05) is 32.1 Å². The summed E-state index contributed by atoms with van der Waals surface area (Å²) in [6.07, 6.45) is 12.4. The number of pyridine rings is 1. The van der Waals surface area contributed by atoms with Crippen LogP contribution in [-0.2, 0) is 28.9 Å². The van der Waals surface area contributed by atoms with Gasteiger partial charge in [0.1, 0.15) is 12.2 Å². The summed E-state index contributed by atoms with van der Waals surface area (Å²) in [5.41, 5.74) is 2.27. The largest absolute Gasteiger partial charge is 0.480 e. The number of carboxylic acids is 1. The standard InChI is InChI=1S/C23H34N2O5/c26-21(27)16-30-13-12-24-22(28)19-14-18-10-6-1-2-7-11-20(18)25(23(19)29)15-17-8-4-3-5-9-17/h14,17H,1-13,15-16H2,(H,24,28)(H,26,27). The van der Waals surface area contributed by atoms with Crippen molar-refractivity contribution in [1.82, 2.24) is 9.88 Å². The molecule has 7 heteroatoms. The van der Waals surface area contributed by atoms with Crippen LogP contribution in [-0.4, -0.2) is 41.3 Å². The first-order valence-corrected chi connectivity index (χ1v) is 11.4. The summed E-state index contributed by atoms with van der Waals surface area (Å²) in [5, 5.41) is 11.3. The molecule has 2 aliphatic rings. The van der Waals surface area contributed by atoms with E-state index in [1.807, 2.05) is 4.57 Å². The first-order chi connectivity index (χ1) is 14.6. The van der Waals surface area contributed by atoms with Crippen LogP contribution in [0.1, 0.15) is 79.4 Å². The molecule has 0 atom stereocenters. The van der Waals surface area contributed by atoms with Gasteiger partial charge in [0.05, 0.1) is 6.61 Å². The van der Waals surface area contributed by atoms with E-state index in [1.54, 1.807) is 6.07 Å². The van der Waals surface area contributed by atoms with E-state index in [1.165, 1.54) is 32.1 Å². The molecule has 0 saturated heterocycles. The van der Waals surface area contributed by atoms with Gasteiger partial charge >= 0.3 is 5.97 Å². The lowest BCUT2D eigenvalue weighted by molar-refractivity contribution is -0.142. The maximum Gasteiger partial charge on any atom is 0.329 e. The third-order valence-corrected chi connectivity index (χ3v) is 6.27. The van der Waals surface area contributed by atoms with Gasteiger partial charge in [0.2, 0.25) is 0 Å². The number of carbonyl (C=O) groups excluding carboxylic acids is 1. The lowest BCUT2D eigenvalue weighted by Gasteiger charge is -2.26. The summed E-state index contributed by atoms with van der Waals surface area (Å²) >= 11 is 0. The van der Waals surface area contributed by atoms with Crippen molar-refractivity contribution in [3.63, 3.8) is 0 Å². The van der Waals surface area contributed by atoms with E-state index in [2.05, 4.69) is 5.32 Å². The molecule has 0 aromatic carbocycles. The molecule has 1 aromatic heterocycles. The molecule has 1 fully saturated rings. The Morgan fingerprint density at radius 1 is 1.07 bits per heavy atom. The SMILES string of the molecule is O=C(O)COCCNC(=O)c1cc2c(n(CC3CCCCC3)c1=O)CCCCCC2. The molecule has 0 bridgehead atoms. The summed E-state index contributed by atoms with van der Waals surface area (Å²) in [5.74, 6) is -0.941. The average Bonchev–Trinajstić information content (AvgIpc) is 2.71. The average molecular weight is 419 g/mol. The minimum Gasteiger partial charge on any atom is -0.480 e.